The van der Waals surface area contributed by atoms with Crippen LogP contribution in [0.5, 0.6) is 0 Å². The molecule has 0 spiro atoms. The summed E-state index contributed by atoms with van der Waals surface area (Å²) in [5.74, 6) is -0.422. The molecule has 0 atom stereocenters. The fraction of sp³-hybridized carbons (Fsp3) is 0.222. The van der Waals surface area contributed by atoms with Crippen LogP contribution in [0, 0.1) is 0 Å². The molecule has 0 aliphatic rings. The highest BCUT2D eigenvalue weighted by atomic mass is 32.2. The fourth-order valence-corrected chi connectivity index (χ4v) is 3.50. The Balaban J connectivity index is 2.13. The predicted octanol–water partition coefficient (Wildman–Crippen LogP) is 1.83. The second-order valence-corrected chi connectivity index (χ2v) is 7.79. The predicted molar refractivity (Wildman–Crippen MR) is 99.2 cm³/mol. The summed E-state index contributed by atoms with van der Waals surface area (Å²) in [6, 6.07) is 12.7. The molecular weight excluding hydrogens is 354 g/mol. The van der Waals surface area contributed by atoms with E-state index < -0.39 is 10.0 Å². The van der Waals surface area contributed by atoms with Gasteiger partial charge in [-0.1, -0.05) is 12.1 Å². The number of hydrogen-bond acceptors (Lipinski definition) is 4. The summed E-state index contributed by atoms with van der Waals surface area (Å²) in [5.41, 5.74) is 1.80. The van der Waals surface area contributed by atoms with Gasteiger partial charge in [0.2, 0.25) is 15.9 Å². The zero-order valence-corrected chi connectivity index (χ0v) is 15.6. The van der Waals surface area contributed by atoms with E-state index in [2.05, 4.69) is 10.6 Å². The molecule has 2 N–H and O–H groups in total. The lowest BCUT2D eigenvalue weighted by Crippen LogP contribution is -2.26. The number of carbonyl (C=O) groups excluding carboxylic acids is 2. The van der Waals surface area contributed by atoms with E-state index in [4.69, 9.17) is 0 Å². The van der Waals surface area contributed by atoms with Crippen molar-refractivity contribution in [2.75, 3.05) is 19.4 Å². The fourth-order valence-electron chi connectivity index (χ4n) is 2.34. The van der Waals surface area contributed by atoms with Gasteiger partial charge in [-0.15, -0.1) is 0 Å². The summed E-state index contributed by atoms with van der Waals surface area (Å²) in [6.45, 7) is 1.55. The van der Waals surface area contributed by atoms with Crippen LogP contribution in [-0.4, -0.2) is 38.6 Å². The lowest BCUT2D eigenvalue weighted by molar-refractivity contribution is -0.114. The number of rotatable bonds is 6. The molecule has 2 rings (SSSR count). The van der Waals surface area contributed by atoms with E-state index in [1.165, 1.54) is 30.4 Å². The molecule has 8 heteroatoms. The first-order valence-electron chi connectivity index (χ1n) is 7.89. The van der Waals surface area contributed by atoms with Crippen LogP contribution in [0.25, 0.3) is 0 Å². The Morgan fingerprint density at radius 3 is 2.08 bits per heavy atom. The van der Waals surface area contributed by atoms with Crippen LogP contribution in [0.15, 0.2) is 53.4 Å². The summed E-state index contributed by atoms with van der Waals surface area (Å²) >= 11 is 0. The van der Waals surface area contributed by atoms with Gasteiger partial charge in [0.05, 0.1) is 4.90 Å². The molecule has 0 aliphatic carbocycles. The maximum Gasteiger partial charge on any atom is 0.251 e. The zero-order valence-electron chi connectivity index (χ0n) is 14.8. The molecule has 0 heterocycles. The molecule has 0 saturated carbocycles. The largest absolute Gasteiger partial charge is 0.355 e. The summed E-state index contributed by atoms with van der Waals surface area (Å²) in [6.07, 6.45) is 0. The highest BCUT2D eigenvalue weighted by Crippen LogP contribution is 2.19. The molecule has 0 radical (unpaired) electrons. The highest BCUT2D eigenvalue weighted by molar-refractivity contribution is 7.89. The third kappa shape index (κ3) is 4.68. The number of carbonyl (C=O) groups is 2. The van der Waals surface area contributed by atoms with Crippen molar-refractivity contribution in [3.05, 3.63) is 59.7 Å². The van der Waals surface area contributed by atoms with Gasteiger partial charge in [-0.25, -0.2) is 8.42 Å². The molecule has 138 valence electrons. The van der Waals surface area contributed by atoms with Crippen LogP contribution in [0.1, 0.15) is 22.8 Å². The van der Waals surface area contributed by atoms with Crippen LogP contribution in [0.4, 0.5) is 5.69 Å². The third-order valence-electron chi connectivity index (χ3n) is 3.73. The maximum absolute atomic E-state index is 12.7. The molecule has 0 bridgehead atoms. The molecule has 0 aliphatic heterocycles. The van der Waals surface area contributed by atoms with Gasteiger partial charge >= 0.3 is 0 Å². The molecule has 2 aromatic carbocycles. The van der Waals surface area contributed by atoms with E-state index in [-0.39, 0.29) is 23.3 Å². The molecule has 7 nitrogen and oxygen atoms in total. The van der Waals surface area contributed by atoms with Gasteiger partial charge in [-0.2, -0.15) is 4.31 Å². The Morgan fingerprint density at radius 2 is 1.58 bits per heavy atom. The van der Waals surface area contributed by atoms with Crippen molar-refractivity contribution in [1.82, 2.24) is 9.62 Å². The van der Waals surface area contributed by atoms with Crippen molar-refractivity contribution in [2.24, 2.45) is 0 Å². The Morgan fingerprint density at radius 1 is 1.00 bits per heavy atom. The van der Waals surface area contributed by atoms with Crippen LogP contribution in [0.2, 0.25) is 0 Å². The lowest BCUT2D eigenvalue weighted by Gasteiger charge is -2.18. The van der Waals surface area contributed by atoms with Gasteiger partial charge < -0.3 is 10.6 Å². The van der Waals surface area contributed by atoms with E-state index in [0.717, 1.165) is 5.56 Å². The van der Waals surface area contributed by atoms with Crippen molar-refractivity contribution < 1.29 is 18.0 Å². The van der Waals surface area contributed by atoms with Crippen molar-refractivity contribution in [2.45, 2.75) is 18.4 Å². The molecule has 0 saturated heterocycles. The van der Waals surface area contributed by atoms with Gasteiger partial charge in [-0.05, 0) is 42.0 Å². The first-order valence-corrected chi connectivity index (χ1v) is 9.33. The van der Waals surface area contributed by atoms with Crippen LogP contribution in [-0.2, 0) is 21.4 Å². The standard InChI is InChI=1S/C18H21N3O4S/c1-13(22)20-16-8-10-17(11-9-16)26(24,25)21(3)12-14-4-6-15(7-5-14)18(23)19-2/h4-11H,12H2,1-3H3,(H,19,23)(H,20,22). The van der Waals surface area contributed by atoms with E-state index in [9.17, 15) is 18.0 Å². The first kappa shape index (κ1) is 19.6. The molecule has 2 amide bonds. The SMILES string of the molecule is CNC(=O)c1ccc(CN(C)S(=O)(=O)c2ccc(NC(C)=O)cc2)cc1. The number of amides is 2. The minimum Gasteiger partial charge on any atom is -0.355 e. The normalized spacial score (nSPS) is 11.2. The number of nitrogens with one attached hydrogen (secondary N) is 2. The maximum atomic E-state index is 12.7. The summed E-state index contributed by atoms with van der Waals surface area (Å²) in [7, 11) is -0.633. The smallest absolute Gasteiger partial charge is 0.251 e. The van der Waals surface area contributed by atoms with Gasteiger partial charge in [-0.3, -0.25) is 9.59 Å². The van der Waals surface area contributed by atoms with E-state index in [0.29, 0.717) is 11.3 Å². The second kappa shape index (κ2) is 8.11. The van der Waals surface area contributed by atoms with E-state index in [1.54, 1.807) is 43.4 Å². The minimum atomic E-state index is -3.67. The number of nitrogens with zero attached hydrogens (tertiary/aromatic N) is 1. The lowest BCUT2D eigenvalue weighted by atomic mass is 10.1. The Labute approximate surface area is 153 Å². The van der Waals surface area contributed by atoms with Crippen molar-refractivity contribution >= 4 is 27.5 Å². The molecule has 2 aromatic rings. The minimum absolute atomic E-state index is 0.135. The molecule has 0 aromatic heterocycles. The average molecular weight is 375 g/mol. The zero-order chi connectivity index (χ0) is 19.3. The summed E-state index contributed by atoms with van der Waals surface area (Å²) in [5, 5.41) is 5.12. The number of anilines is 1. The molecular formula is C18H21N3O4S. The van der Waals surface area contributed by atoms with E-state index in [1.807, 2.05) is 0 Å². The molecule has 0 unspecified atom stereocenters. The topological polar surface area (TPSA) is 95.6 Å². The van der Waals surface area contributed by atoms with Crippen molar-refractivity contribution in [1.29, 1.82) is 0 Å². The van der Waals surface area contributed by atoms with E-state index >= 15 is 0 Å². The third-order valence-corrected chi connectivity index (χ3v) is 5.55. The van der Waals surface area contributed by atoms with Gasteiger partial charge in [0.25, 0.3) is 5.91 Å². The monoisotopic (exact) mass is 375 g/mol. The van der Waals surface area contributed by atoms with Crippen LogP contribution < -0.4 is 10.6 Å². The Bertz CT molecular complexity index is 891. The Kier molecular flexibility index (Phi) is 6.12. The number of sulfonamides is 1. The highest BCUT2D eigenvalue weighted by Gasteiger charge is 2.21. The Hall–Kier alpha value is -2.71. The number of hydrogen-bond donors (Lipinski definition) is 2. The summed E-state index contributed by atoms with van der Waals surface area (Å²) < 4.78 is 26.6. The van der Waals surface area contributed by atoms with Crippen molar-refractivity contribution in [3.63, 3.8) is 0 Å². The van der Waals surface area contributed by atoms with Crippen LogP contribution >= 0.6 is 0 Å². The average Bonchev–Trinajstić information content (AvgIpc) is 2.61. The molecule has 0 fully saturated rings. The first-order chi connectivity index (χ1) is 12.2. The van der Waals surface area contributed by atoms with Gasteiger partial charge in [0.1, 0.15) is 0 Å². The second-order valence-electron chi connectivity index (χ2n) is 5.74. The van der Waals surface area contributed by atoms with Gasteiger partial charge in [0, 0.05) is 38.8 Å². The van der Waals surface area contributed by atoms with Crippen molar-refractivity contribution in [3.8, 4) is 0 Å². The number of benzene rings is 2. The molecule has 26 heavy (non-hydrogen) atoms. The summed E-state index contributed by atoms with van der Waals surface area (Å²) in [4.78, 5) is 22.7. The quantitative estimate of drug-likeness (QED) is 0.805. The van der Waals surface area contributed by atoms with Gasteiger partial charge in [0.15, 0.2) is 0 Å². The van der Waals surface area contributed by atoms with Crippen LogP contribution in [0.3, 0.4) is 0 Å².